The van der Waals surface area contributed by atoms with E-state index in [9.17, 15) is 9.18 Å². The van der Waals surface area contributed by atoms with Gasteiger partial charge in [-0.25, -0.2) is 4.39 Å². The highest BCUT2D eigenvalue weighted by Crippen LogP contribution is 2.15. The minimum Gasteiger partial charge on any atom is -0.489 e. The Balaban J connectivity index is 1.52. The van der Waals surface area contributed by atoms with E-state index in [1.54, 1.807) is 36.4 Å². The van der Waals surface area contributed by atoms with Gasteiger partial charge in [-0.15, -0.1) is 0 Å². The first-order valence-corrected chi connectivity index (χ1v) is 8.01. The molecule has 4 nitrogen and oxygen atoms in total. The van der Waals surface area contributed by atoms with E-state index in [4.69, 9.17) is 9.47 Å². The maximum absolute atomic E-state index is 12.9. The summed E-state index contributed by atoms with van der Waals surface area (Å²) in [6.45, 7) is 3.74. The van der Waals surface area contributed by atoms with Crippen LogP contribution in [-0.4, -0.2) is 43.5 Å². The van der Waals surface area contributed by atoms with Gasteiger partial charge in [-0.1, -0.05) is 12.1 Å². The maximum atomic E-state index is 12.9. The molecule has 2 aromatic carbocycles. The molecule has 1 aliphatic rings. The average Bonchev–Trinajstić information content (AvgIpc) is 2.62. The molecule has 0 saturated carbocycles. The van der Waals surface area contributed by atoms with Crippen molar-refractivity contribution >= 4 is 5.78 Å². The van der Waals surface area contributed by atoms with E-state index in [2.05, 4.69) is 4.90 Å². The first-order valence-electron chi connectivity index (χ1n) is 8.01. The van der Waals surface area contributed by atoms with Crippen LogP contribution in [0.25, 0.3) is 0 Å². The molecule has 5 heteroatoms. The summed E-state index contributed by atoms with van der Waals surface area (Å²) in [4.78, 5) is 14.4. The van der Waals surface area contributed by atoms with Crippen LogP contribution < -0.4 is 4.74 Å². The smallest absolute Gasteiger partial charge is 0.176 e. The van der Waals surface area contributed by atoms with Gasteiger partial charge in [0.15, 0.2) is 5.78 Å². The molecule has 1 saturated heterocycles. The summed E-state index contributed by atoms with van der Waals surface area (Å²) in [7, 11) is 0. The van der Waals surface area contributed by atoms with Gasteiger partial charge < -0.3 is 9.47 Å². The molecule has 1 aliphatic heterocycles. The van der Waals surface area contributed by atoms with Gasteiger partial charge in [0.05, 0.1) is 19.8 Å². The van der Waals surface area contributed by atoms with Crippen molar-refractivity contribution < 1.29 is 18.7 Å². The predicted octanol–water partition coefficient (Wildman–Crippen LogP) is 2.92. The van der Waals surface area contributed by atoms with Crippen molar-refractivity contribution in [3.63, 3.8) is 0 Å². The lowest BCUT2D eigenvalue weighted by Crippen LogP contribution is -2.39. The van der Waals surface area contributed by atoms with Gasteiger partial charge in [0, 0.05) is 18.7 Å². The third kappa shape index (κ3) is 4.63. The Kier molecular flexibility index (Phi) is 5.56. The third-order valence-corrected chi connectivity index (χ3v) is 3.97. The highest BCUT2D eigenvalue weighted by atomic mass is 19.1. The van der Waals surface area contributed by atoms with E-state index < -0.39 is 0 Å². The second-order valence-corrected chi connectivity index (χ2v) is 5.75. The zero-order chi connectivity index (χ0) is 16.8. The molecule has 0 aromatic heterocycles. The first-order chi connectivity index (χ1) is 11.7. The Morgan fingerprint density at radius 2 is 1.71 bits per heavy atom. The molecular formula is C19H20FNO3. The topological polar surface area (TPSA) is 38.8 Å². The summed E-state index contributed by atoms with van der Waals surface area (Å²) in [5.41, 5.74) is 1.57. The van der Waals surface area contributed by atoms with Gasteiger partial charge in [0.1, 0.15) is 18.2 Å². The number of hydrogen-bond donors (Lipinski definition) is 0. The number of ketones is 1. The van der Waals surface area contributed by atoms with Gasteiger partial charge in [-0.05, 0) is 42.0 Å². The average molecular weight is 329 g/mol. The van der Waals surface area contributed by atoms with Crippen LogP contribution >= 0.6 is 0 Å². The molecule has 0 bridgehead atoms. The van der Waals surface area contributed by atoms with Gasteiger partial charge in [-0.3, -0.25) is 9.69 Å². The van der Waals surface area contributed by atoms with E-state index in [0.717, 1.165) is 18.7 Å². The van der Waals surface area contributed by atoms with Crippen molar-refractivity contribution in [1.29, 1.82) is 0 Å². The van der Waals surface area contributed by atoms with Crippen molar-refractivity contribution in [2.75, 3.05) is 32.8 Å². The number of carbonyl (C=O) groups is 1. The predicted molar refractivity (Wildman–Crippen MR) is 88.8 cm³/mol. The number of nitrogens with zero attached hydrogens (tertiary/aromatic N) is 1. The van der Waals surface area contributed by atoms with Crippen molar-refractivity contribution in [3.05, 3.63) is 65.5 Å². The zero-order valence-electron chi connectivity index (χ0n) is 13.4. The standard InChI is InChI=1S/C19H20FNO3/c20-17-5-1-15(2-6-17)14-24-18-7-3-16(4-8-18)19(22)13-21-9-11-23-12-10-21/h1-8H,9-14H2. The molecule has 0 aliphatic carbocycles. The van der Waals surface area contributed by atoms with Crippen molar-refractivity contribution in [2.24, 2.45) is 0 Å². The van der Waals surface area contributed by atoms with Crippen LogP contribution in [0.4, 0.5) is 4.39 Å². The lowest BCUT2D eigenvalue weighted by atomic mass is 10.1. The van der Waals surface area contributed by atoms with Crippen molar-refractivity contribution in [1.82, 2.24) is 4.90 Å². The lowest BCUT2D eigenvalue weighted by molar-refractivity contribution is 0.0371. The number of morpholine rings is 1. The number of carbonyl (C=O) groups excluding carboxylic acids is 1. The Morgan fingerprint density at radius 3 is 2.38 bits per heavy atom. The summed E-state index contributed by atoms with van der Waals surface area (Å²) in [6, 6.07) is 13.3. The van der Waals surface area contributed by atoms with Crippen LogP contribution in [0.3, 0.4) is 0 Å². The SMILES string of the molecule is O=C(CN1CCOCC1)c1ccc(OCc2ccc(F)cc2)cc1. The molecule has 0 unspecified atom stereocenters. The summed E-state index contributed by atoms with van der Waals surface area (Å²) in [5.74, 6) is 0.520. The lowest BCUT2D eigenvalue weighted by Gasteiger charge is -2.25. The molecule has 0 atom stereocenters. The fraction of sp³-hybridized carbons (Fsp3) is 0.316. The minimum absolute atomic E-state index is 0.0991. The molecule has 0 N–H and O–H groups in total. The highest BCUT2D eigenvalue weighted by molar-refractivity contribution is 5.97. The van der Waals surface area contributed by atoms with Crippen LogP contribution in [0.2, 0.25) is 0 Å². The monoisotopic (exact) mass is 329 g/mol. The molecular weight excluding hydrogens is 309 g/mol. The molecule has 126 valence electrons. The largest absolute Gasteiger partial charge is 0.489 e. The van der Waals surface area contributed by atoms with Crippen molar-refractivity contribution in [3.8, 4) is 5.75 Å². The minimum atomic E-state index is -0.262. The zero-order valence-corrected chi connectivity index (χ0v) is 13.4. The van der Waals surface area contributed by atoms with Crippen LogP contribution in [0.1, 0.15) is 15.9 Å². The third-order valence-electron chi connectivity index (χ3n) is 3.97. The Morgan fingerprint density at radius 1 is 1.04 bits per heavy atom. The fourth-order valence-corrected chi connectivity index (χ4v) is 2.54. The van der Waals surface area contributed by atoms with Gasteiger partial charge >= 0.3 is 0 Å². The van der Waals surface area contributed by atoms with E-state index in [1.165, 1.54) is 12.1 Å². The number of rotatable bonds is 6. The van der Waals surface area contributed by atoms with E-state index in [-0.39, 0.29) is 11.6 Å². The van der Waals surface area contributed by atoms with Crippen LogP contribution in [-0.2, 0) is 11.3 Å². The maximum Gasteiger partial charge on any atom is 0.176 e. The number of halogens is 1. The first kappa shape index (κ1) is 16.6. The molecule has 24 heavy (non-hydrogen) atoms. The number of benzene rings is 2. The van der Waals surface area contributed by atoms with E-state index in [0.29, 0.717) is 37.7 Å². The quantitative estimate of drug-likeness (QED) is 0.764. The summed E-state index contributed by atoms with van der Waals surface area (Å²) in [5, 5.41) is 0. The Bertz CT molecular complexity index is 664. The van der Waals surface area contributed by atoms with Crippen LogP contribution in [0.15, 0.2) is 48.5 Å². The second-order valence-electron chi connectivity index (χ2n) is 5.75. The van der Waals surface area contributed by atoms with E-state index in [1.807, 2.05) is 0 Å². The van der Waals surface area contributed by atoms with E-state index >= 15 is 0 Å². The Labute approximate surface area is 140 Å². The second kappa shape index (κ2) is 8.04. The summed E-state index contributed by atoms with van der Waals surface area (Å²) < 4.78 is 23.8. The van der Waals surface area contributed by atoms with Gasteiger partial charge in [-0.2, -0.15) is 0 Å². The van der Waals surface area contributed by atoms with Gasteiger partial charge in [0.2, 0.25) is 0 Å². The van der Waals surface area contributed by atoms with Crippen LogP contribution in [0.5, 0.6) is 5.75 Å². The number of Topliss-reactive ketones (excluding diaryl/α,β-unsaturated/α-hetero) is 1. The molecule has 1 fully saturated rings. The summed E-state index contributed by atoms with van der Waals surface area (Å²) in [6.07, 6.45) is 0. The molecule has 1 heterocycles. The fourth-order valence-electron chi connectivity index (χ4n) is 2.54. The molecule has 0 amide bonds. The Hall–Kier alpha value is -2.24. The molecule has 0 radical (unpaired) electrons. The van der Waals surface area contributed by atoms with Crippen LogP contribution in [0, 0.1) is 5.82 Å². The molecule has 0 spiro atoms. The highest BCUT2D eigenvalue weighted by Gasteiger charge is 2.15. The normalized spacial score (nSPS) is 15.2. The number of ether oxygens (including phenoxy) is 2. The van der Waals surface area contributed by atoms with Gasteiger partial charge in [0.25, 0.3) is 0 Å². The number of hydrogen-bond acceptors (Lipinski definition) is 4. The summed E-state index contributed by atoms with van der Waals surface area (Å²) >= 11 is 0. The van der Waals surface area contributed by atoms with Crippen molar-refractivity contribution in [2.45, 2.75) is 6.61 Å². The molecule has 2 aromatic rings. The molecule has 3 rings (SSSR count).